The van der Waals surface area contributed by atoms with Gasteiger partial charge in [0.2, 0.25) is 10.0 Å². The molecule has 1 aliphatic carbocycles. The van der Waals surface area contributed by atoms with Crippen molar-refractivity contribution in [3.8, 4) is 0 Å². The summed E-state index contributed by atoms with van der Waals surface area (Å²) < 4.78 is 26.7. The van der Waals surface area contributed by atoms with E-state index in [0.717, 1.165) is 12.5 Å². The Bertz CT molecular complexity index is 642. The summed E-state index contributed by atoms with van der Waals surface area (Å²) in [6, 6.07) is 3.31. The van der Waals surface area contributed by atoms with Crippen molar-refractivity contribution in [2.45, 2.75) is 31.2 Å². The summed E-state index contributed by atoms with van der Waals surface area (Å²) in [5.74, 6) is 0. The van der Waals surface area contributed by atoms with Crippen molar-refractivity contribution in [2.24, 2.45) is 5.41 Å². The minimum absolute atomic E-state index is 0.0641. The highest BCUT2D eigenvalue weighted by Crippen LogP contribution is 2.45. The Morgan fingerprint density at radius 3 is 2.53 bits per heavy atom. The monoisotopic (exact) mass is 304 g/mol. The van der Waals surface area contributed by atoms with Gasteiger partial charge < -0.3 is 0 Å². The highest BCUT2D eigenvalue weighted by atomic mass is 35.5. The van der Waals surface area contributed by atoms with Crippen LogP contribution in [0.25, 0.3) is 0 Å². The van der Waals surface area contributed by atoms with Crippen molar-refractivity contribution >= 4 is 27.3 Å². The van der Waals surface area contributed by atoms with E-state index in [1.54, 1.807) is 0 Å². The summed E-state index contributed by atoms with van der Waals surface area (Å²) in [7, 11) is -3.75. The van der Waals surface area contributed by atoms with Crippen molar-refractivity contribution < 1.29 is 13.3 Å². The molecule has 6 nitrogen and oxygen atoms in total. The smallest absolute Gasteiger partial charge is 0.258 e. The molecule has 1 saturated carbocycles. The third-order valence-corrected chi connectivity index (χ3v) is 5.02. The normalized spacial score (nSPS) is 21.1. The van der Waals surface area contributed by atoms with Crippen LogP contribution in [0.4, 0.5) is 5.69 Å². The molecule has 1 unspecified atom stereocenters. The van der Waals surface area contributed by atoms with Crippen molar-refractivity contribution in [1.29, 1.82) is 0 Å². The molecule has 1 aliphatic rings. The van der Waals surface area contributed by atoms with Gasteiger partial charge in [0, 0.05) is 12.1 Å². The van der Waals surface area contributed by atoms with Gasteiger partial charge in [0.1, 0.15) is 5.02 Å². The van der Waals surface area contributed by atoms with Gasteiger partial charge in [-0.3, -0.25) is 10.1 Å². The summed E-state index contributed by atoms with van der Waals surface area (Å²) in [6.07, 6.45) is 0.752. The molecule has 0 spiro atoms. The first-order valence-electron chi connectivity index (χ1n) is 5.60. The van der Waals surface area contributed by atoms with E-state index in [1.165, 1.54) is 12.1 Å². The summed E-state index contributed by atoms with van der Waals surface area (Å²) in [5.41, 5.74) is -0.481. The number of hydrogen-bond acceptors (Lipinski definition) is 4. The molecule has 8 heteroatoms. The standard InChI is InChI=1S/C11H13ClN2O4S/c1-11(2)6-10(11)13-19(17,18)7-3-4-8(12)9(5-7)14(15)16/h3-5,10,13H,6H2,1-2H3. The van der Waals surface area contributed by atoms with Crippen LogP contribution in [0.2, 0.25) is 5.02 Å². The number of nitro groups is 1. The van der Waals surface area contributed by atoms with Crippen LogP contribution in [0.3, 0.4) is 0 Å². The predicted octanol–water partition coefficient (Wildman–Crippen LogP) is 2.33. The fourth-order valence-electron chi connectivity index (χ4n) is 1.72. The summed E-state index contributed by atoms with van der Waals surface area (Å²) in [6.45, 7) is 3.90. The second kappa shape index (κ2) is 4.43. The molecule has 0 bridgehead atoms. The van der Waals surface area contributed by atoms with Crippen LogP contribution >= 0.6 is 11.6 Å². The zero-order valence-electron chi connectivity index (χ0n) is 10.4. The van der Waals surface area contributed by atoms with Crippen molar-refractivity contribution in [2.75, 3.05) is 0 Å². The molecule has 1 atom stereocenters. The lowest BCUT2D eigenvalue weighted by molar-refractivity contribution is -0.384. The second-order valence-electron chi connectivity index (χ2n) is 5.24. The molecule has 2 rings (SSSR count). The third kappa shape index (κ3) is 2.88. The number of nitro benzene ring substituents is 1. The maximum atomic E-state index is 12.1. The number of hydrogen-bond donors (Lipinski definition) is 1. The van der Waals surface area contributed by atoms with Gasteiger partial charge in [-0.15, -0.1) is 0 Å². The van der Waals surface area contributed by atoms with Gasteiger partial charge in [-0.2, -0.15) is 0 Å². The summed E-state index contributed by atoms with van der Waals surface area (Å²) in [5, 5.41) is 10.7. The number of nitrogens with zero attached hydrogens (tertiary/aromatic N) is 1. The molecular weight excluding hydrogens is 292 g/mol. The van der Waals surface area contributed by atoms with E-state index in [0.29, 0.717) is 0 Å². The Morgan fingerprint density at radius 2 is 2.05 bits per heavy atom. The van der Waals surface area contributed by atoms with Crippen molar-refractivity contribution in [3.63, 3.8) is 0 Å². The molecule has 1 aromatic rings. The van der Waals surface area contributed by atoms with Gasteiger partial charge in [-0.25, -0.2) is 13.1 Å². The van der Waals surface area contributed by atoms with Gasteiger partial charge >= 0.3 is 0 Å². The first-order valence-corrected chi connectivity index (χ1v) is 7.46. The fourth-order valence-corrected chi connectivity index (χ4v) is 3.34. The lowest BCUT2D eigenvalue weighted by Crippen LogP contribution is -2.28. The zero-order valence-corrected chi connectivity index (χ0v) is 12.0. The number of nitrogens with one attached hydrogen (secondary N) is 1. The van der Waals surface area contributed by atoms with Crippen LogP contribution in [0.1, 0.15) is 20.3 Å². The van der Waals surface area contributed by atoms with E-state index in [2.05, 4.69) is 4.72 Å². The summed E-state index contributed by atoms with van der Waals surface area (Å²) in [4.78, 5) is 9.89. The predicted molar refractivity (Wildman–Crippen MR) is 70.6 cm³/mol. The molecule has 19 heavy (non-hydrogen) atoms. The number of halogens is 1. The number of benzene rings is 1. The third-order valence-electron chi connectivity index (χ3n) is 3.24. The van der Waals surface area contributed by atoms with Crippen LogP contribution in [-0.2, 0) is 10.0 Å². The van der Waals surface area contributed by atoms with Crippen LogP contribution in [0, 0.1) is 15.5 Å². The average Bonchev–Trinajstić information content (AvgIpc) is 2.84. The van der Waals surface area contributed by atoms with Crippen LogP contribution < -0.4 is 4.72 Å². The van der Waals surface area contributed by atoms with E-state index in [1.807, 2.05) is 13.8 Å². The molecule has 0 saturated heterocycles. The van der Waals surface area contributed by atoms with Crippen LogP contribution in [0.15, 0.2) is 23.1 Å². The molecule has 0 aliphatic heterocycles. The quantitative estimate of drug-likeness (QED) is 0.683. The van der Waals surface area contributed by atoms with Gasteiger partial charge in [-0.05, 0) is 24.0 Å². The first-order chi connectivity index (χ1) is 8.63. The Balaban J connectivity index is 2.31. The number of sulfonamides is 1. The average molecular weight is 305 g/mol. The highest BCUT2D eigenvalue weighted by molar-refractivity contribution is 7.89. The molecule has 104 valence electrons. The largest absolute Gasteiger partial charge is 0.289 e. The molecule has 1 N–H and O–H groups in total. The Kier molecular flexibility index (Phi) is 3.32. The van der Waals surface area contributed by atoms with Crippen molar-refractivity contribution in [3.05, 3.63) is 33.3 Å². The molecule has 0 radical (unpaired) electrons. The van der Waals surface area contributed by atoms with Gasteiger partial charge in [0.25, 0.3) is 5.69 Å². The molecule has 1 fully saturated rings. The second-order valence-corrected chi connectivity index (χ2v) is 7.36. The molecule has 0 aromatic heterocycles. The first kappa shape index (κ1) is 14.2. The maximum Gasteiger partial charge on any atom is 0.289 e. The minimum atomic E-state index is -3.75. The lowest BCUT2D eigenvalue weighted by Gasteiger charge is -2.08. The Morgan fingerprint density at radius 1 is 1.47 bits per heavy atom. The van der Waals surface area contributed by atoms with Gasteiger partial charge in [0.15, 0.2) is 0 Å². The minimum Gasteiger partial charge on any atom is -0.258 e. The fraction of sp³-hybridized carbons (Fsp3) is 0.455. The zero-order chi connectivity index (χ0) is 14.4. The Labute approximate surface area is 116 Å². The molecule has 0 amide bonds. The van der Waals surface area contributed by atoms with Crippen LogP contribution in [0.5, 0.6) is 0 Å². The van der Waals surface area contributed by atoms with Crippen LogP contribution in [-0.4, -0.2) is 19.4 Å². The van der Waals surface area contributed by atoms with E-state index >= 15 is 0 Å². The lowest BCUT2D eigenvalue weighted by atomic mass is 10.2. The van der Waals surface area contributed by atoms with E-state index in [-0.39, 0.29) is 21.4 Å². The van der Waals surface area contributed by atoms with E-state index in [9.17, 15) is 18.5 Å². The van der Waals surface area contributed by atoms with Gasteiger partial charge in [-0.1, -0.05) is 25.4 Å². The van der Waals surface area contributed by atoms with Crippen molar-refractivity contribution in [1.82, 2.24) is 4.72 Å². The topological polar surface area (TPSA) is 89.3 Å². The van der Waals surface area contributed by atoms with Gasteiger partial charge in [0.05, 0.1) is 9.82 Å². The molecule has 1 aromatic carbocycles. The molecule has 0 heterocycles. The SMILES string of the molecule is CC1(C)CC1NS(=O)(=O)c1ccc(Cl)c([N+](=O)[O-])c1. The number of rotatable bonds is 4. The van der Waals surface area contributed by atoms with E-state index in [4.69, 9.17) is 11.6 Å². The summed E-state index contributed by atoms with van der Waals surface area (Å²) >= 11 is 5.65. The highest BCUT2D eigenvalue weighted by Gasteiger charge is 2.48. The van der Waals surface area contributed by atoms with E-state index < -0.39 is 20.6 Å². The molecular formula is C11H13ClN2O4S. The Hall–Kier alpha value is -1.18. The maximum absolute atomic E-state index is 12.1.